The molecule has 116 valence electrons. The Morgan fingerprint density at radius 2 is 0.870 bits per heavy atom. The van der Waals surface area contributed by atoms with Gasteiger partial charge in [-0.25, -0.2) is 0 Å². The highest BCUT2D eigenvalue weighted by atomic mass is 15.5. The number of hydrazine groups is 1. The van der Waals surface area contributed by atoms with E-state index in [0.717, 1.165) is 17.1 Å². The second-order valence-corrected chi connectivity index (χ2v) is 5.98. The van der Waals surface area contributed by atoms with Crippen LogP contribution in [-0.2, 0) is 0 Å². The standard InChI is InChI=1S/C21H22N2/c1-16-4-10-19(11-5-16)22-23(20-12-6-17(2)7-13-20)21-14-8-18(3)9-15-21/h4-15,22H,1-3H3. The number of nitrogens with zero attached hydrogens (tertiary/aromatic N) is 1. The number of aryl methyl sites for hydroxylation is 3. The summed E-state index contributed by atoms with van der Waals surface area (Å²) in [5.74, 6) is 0. The van der Waals surface area contributed by atoms with E-state index in [4.69, 9.17) is 0 Å². The van der Waals surface area contributed by atoms with E-state index >= 15 is 0 Å². The first-order chi connectivity index (χ1) is 11.1. The number of benzene rings is 3. The molecular weight excluding hydrogens is 280 g/mol. The zero-order chi connectivity index (χ0) is 16.2. The highest BCUT2D eigenvalue weighted by Crippen LogP contribution is 2.27. The van der Waals surface area contributed by atoms with Crippen LogP contribution >= 0.6 is 0 Å². The van der Waals surface area contributed by atoms with Crippen molar-refractivity contribution in [2.24, 2.45) is 0 Å². The topological polar surface area (TPSA) is 15.3 Å². The summed E-state index contributed by atoms with van der Waals surface area (Å²) >= 11 is 0. The third kappa shape index (κ3) is 3.72. The van der Waals surface area contributed by atoms with Crippen LogP contribution in [0.25, 0.3) is 0 Å². The van der Waals surface area contributed by atoms with E-state index in [2.05, 4.69) is 104 Å². The molecule has 2 heteroatoms. The highest BCUT2D eigenvalue weighted by Gasteiger charge is 2.09. The van der Waals surface area contributed by atoms with Gasteiger partial charge in [0.2, 0.25) is 0 Å². The Morgan fingerprint density at radius 3 is 1.26 bits per heavy atom. The van der Waals surface area contributed by atoms with Crippen molar-refractivity contribution < 1.29 is 0 Å². The van der Waals surface area contributed by atoms with Gasteiger partial charge in [-0.15, -0.1) is 0 Å². The van der Waals surface area contributed by atoms with Crippen LogP contribution in [0.1, 0.15) is 16.7 Å². The van der Waals surface area contributed by atoms with E-state index in [0.29, 0.717) is 0 Å². The molecule has 3 aromatic carbocycles. The summed E-state index contributed by atoms with van der Waals surface area (Å²) in [7, 11) is 0. The molecule has 0 fully saturated rings. The molecule has 2 nitrogen and oxygen atoms in total. The predicted octanol–water partition coefficient (Wildman–Crippen LogP) is 5.78. The summed E-state index contributed by atoms with van der Waals surface area (Å²) in [6, 6.07) is 25.5. The van der Waals surface area contributed by atoms with Crippen molar-refractivity contribution in [2.75, 3.05) is 10.4 Å². The van der Waals surface area contributed by atoms with Gasteiger partial charge < -0.3 is 0 Å². The van der Waals surface area contributed by atoms with Crippen molar-refractivity contribution in [1.82, 2.24) is 0 Å². The minimum absolute atomic E-state index is 1.07. The van der Waals surface area contributed by atoms with Gasteiger partial charge in [-0.05, 0) is 57.2 Å². The average Bonchev–Trinajstić information content (AvgIpc) is 2.56. The fourth-order valence-electron chi connectivity index (χ4n) is 2.42. The van der Waals surface area contributed by atoms with Crippen LogP contribution in [0.15, 0.2) is 72.8 Å². The molecule has 3 aromatic rings. The predicted molar refractivity (Wildman–Crippen MR) is 99.3 cm³/mol. The van der Waals surface area contributed by atoms with Gasteiger partial charge in [0.25, 0.3) is 0 Å². The molecule has 0 saturated heterocycles. The van der Waals surface area contributed by atoms with Gasteiger partial charge in [0.05, 0.1) is 17.1 Å². The summed E-state index contributed by atoms with van der Waals surface area (Å²) in [6.07, 6.45) is 0. The maximum absolute atomic E-state index is 3.51. The van der Waals surface area contributed by atoms with Crippen LogP contribution in [0, 0.1) is 20.8 Å². The number of hydrogen-bond acceptors (Lipinski definition) is 2. The first-order valence-corrected chi connectivity index (χ1v) is 7.88. The summed E-state index contributed by atoms with van der Waals surface area (Å²) < 4.78 is 0. The molecule has 0 aliphatic heterocycles. The minimum atomic E-state index is 1.07. The Balaban J connectivity index is 1.97. The summed E-state index contributed by atoms with van der Waals surface area (Å²) in [6.45, 7) is 6.31. The van der Waals surface area contributed by atoms with Crippen LogP contribution in [0.4, 0.5) is 17.1 Å². The van der Waals surface area contributed by atoms with E-state index in [1.807, 2.05) is 0 Å². The SMILES string of the molecule is Cc1ccc(NN(c2ccc(C)cc2)c2ccc(C)cc2)cc1. The van der Waals surface area contributed by atoms with Crippen LogP contribution in [-0.4, -0.2) is 0 Å². The van der Waals surface area contributed by atoms with Gasteiger partial charge in [0.1, 0.15) is 0 Å². The van der Waals surface area contributed by atoms with E-state index in [1.54, 1.807) is 0 Å². The molecule has 0 aliphatic rings. The second kappa shape index (κ2) is 6.57. The zero-order valence-electron chi connectivity index (χ0n) is 13.9. The second-order valence-electron chi connectivity index (χ2n) is 5.98. The van der Waals surface area contributed by atoms with E-state index < -0.39 is 0 Å². The van der Waals surface area contributed by atoms with E-state index in [1.165, 1.54) is 16.7 Å². The highest BCUT2D eigenvalue weighted by molar-refractivity contribution is 5.68. The lowest BCUT2D eigenvalue weighted by Crippen LogP contribution is -2.24. The van der Waals surface area contributed by atoms with Gasteiger partial charge >= 0.3 is 0 Å². The Hall–Kier alpha value is -2.74. The number of anilines is 3. The Labute approximate surface area is 138 Å². The smallest absolute Gasteiger partial charge is 0.0630 e. The van der Waals surface area contributed by atoms with Gasteiger partial charge in [-0.1, -0.05) is 53.1 Å². The molecule has 23 heavy (non-hydrogen) atoms. The minimum Gasteiger partial charge on any atom is -0.294 e. The fourth-order valence-corrected chi connectivity index (χ4v) is 2.42. The molecule has 0 unspecified atom stereocenters. The lowest BCUT2D eigenvalue weighted by atomic mass is 10.2. The van der Waals surface area contributed by atoms with Gasteiger partial charge in [0.15, 0.2) is 0 Å². The number of rotatable bonds is 4. The summed E-state index contributed by atoms with van der Waals surface area (Å²) in [5.41, 5.74) is 10.6. The molecule has 0 radical (unpaired) electrons. The molecule has 3 rings (SSSR count). The maximum Gasteiger partial charge on any atom is 0.0630 e. The summed E-state index contributed by atoms with van der Waals surface area (Å²) in [5, 5.41) is 2.11. The maximum atomic E-state index is 3.51. The molecule has 0 saturated carbocycles. The normalized spacial score (nSPS) is 10.4. The van der Waals surface area contributed by atoms with Crippen LogP contribution in [0.3, 0.4) is 0 Å². The van der Waals surface area contributed by atoms with Crippen LogP contribution in [0.5, 0.6) is 0 Å². The Bertz CT molecular complexity index is 711. The third-order valence-corrected chi connectivity index (χ3v) is 3.88. The fraction of sp³-hybridized carbons (Fsp3) is 0.143. The molecule has 0 heterocycles. The number of nitrogens with one attached hydrogen (secondary N) is 1. The van der Waals surface area contributed by atoms with E-state index in [9.17, 15) is 0 Å². The first-order valence-electron chi connectivity index (χ1n) is 7.88. The van der Waals surface area contributed by atoms with Crippen molar-refractivity contribution in [3.05, 3.63) is 89.5 Å². The van der Waals surface area contributed by atoms with Crippen molar-refractivity contribution in [3.63, 3.8) is 0 Å². The summed E-state index contributed by atoms with van der Waals surface area (Å²) in [4.78, 5) is 0. The Kier molecular flexibility index (Phi) is 4.33. The molecule has 0 aromatic heterocycles. The lowest BCUT2D eigenvalue weighted by molar-refractivity contribution is 1.16. The largest absolute Gasteiger partial charge is 0.294 e. The first kappa shape index (κ1) is 15.2. The molecular formula is C21H22N2. The lowest BCUT2D eigenvalue weighted by Gasteiger charge is -2.27. The monoisotopic (exact) mass is 302 g/mol. The van der Waals surface area contributed by atoms with Crippen LogP contribution in [0.2, 0.25) is 0 Å². The quantitative estimate of drug-likeness (QED) is 0.615. The molecule has 1 N–H and O–H groups in total. The van der Waals surface area contributed by atoms with Crippen molar-refractivity contribution in [2.45, 2.75) is 20.8 Å². The molecule has 0 aliphatic carbocycles. The average molecular weight is 302 g/mol. The van der Waals surface area contributed by atoms with Gasteiger partial charge in [-0.3, -0.25) is 10.4 Å². The van der Waals surface area contributed by atoms with Crippen molar-refractivity contribution >= 4 is 17.1 Å². The molecule has 0 amide bonds. The van der Waals surface area contributed by atoms with Crippen LogP contribution < -0.4 is 10.4 Å². The van der Waals surface area contributed by atoms with Gasteiger partial charge in [0, 0.05) is 0 Å². The molecule has 0 atom stereocenters. The van der Waals surface area contributed by atoms with Gasteiger partial charge in [-0.2, -0.15) is 0 Å². The van der Waals surface area contributed by atoms with Crippen molar-refractivity contribution in [3.8, 4) is 0 Å². The van der Waals surface area contributed by atoms with E-state index in [-0.39, 0.29) is 0 Å². The zero-order valence-corrected chi connectivity index (χ0v) is 13.9. The molecule has 0 spiro atoms. The number of hydrogen-bond donors (Lipinski definition) is 1. The third-order valence-electron chi connectivity index (χ3n) is 3.88. The molecule has 0 bridgehead atoms. The Morgan fingerprint density at radius 1 is 0.522 bits per heavy atom. The van der Waals surface area contributed by atoms with Crippen molar-refractivity contribution in [1.29, 1.82) is 0 Å².